The van der Waals surface area contributed by atoms with Gasteiger partial charge in [0.1, 0.15) is 0 Å². The predicted octanol–water partition coefficient (Wildman–Crippen LogP) is 5.51. The summed E-state index contributed by atoms with van der Waals surface area (Å²) in [5.41, 5.74) is 0.0995. The molecule has 1 N–H and O–H groups in total. The number of halogens is 3. The summed E-state index contributed by atoms with van der Waals surface area (Å²) in [7, 11) is 0. The number of hydrogen-bond donors (Lipinski definition) is 1. The largest absolute Gasteiger partial charge is 0.463 e. The minimum atomic E-state index is -4.53. The molecule has 0 fully saturated rings. The molecule has 0 bridgehead atoms. The Balaban J connectivity index is 1.63. The molecule has 0 radical (unpaired) electrons. The molecule has 184 valence electrons. The van der Waals surface area contributed by atoms with E-state index in [9.17, 15) is 28.1 Å². The van der Waals surface area contributed by atoms with E-state index in [4.69, 9.17) is 4.74 Å². The van der Waals surface area contributed by atoms with Crippen molar-refractivity contribution in [1.82, 2.24) is 14.8 Å². The van der Waals surface area contributed by atoms with E-state index in [1.54, 1.807) is 31.2 Å². The maximum absolute atomic E-state index is 13.2. The number of rotatable bonds is 7. The molecule has 12 heteroatoms. The number of nitro benzene ring substituents is 1. The minimum Gasteiger partial charge on any atom is -0.463 e. The standard InChI is InChI=1S/C24H18F3N5O4/c1-2-36-23-29-21(15-5-3-7-17(13-15)24(25,26)27)31(30-23)19-11-9-18(10-12-19)28-22(33)16-6-4-8-20(14-16)32(34)35/h3-14H,2H2,1H3,(H,28,33). The van der Waals surface area contributed by atoms with Crippen LogP contribution in [0.4, 0.5) is 24.5 Å². The number of carbonyl (C=O) groups is 1. The number of carbonyl (C=O) groups excluding carboxylic acids is 1. The number of ether oxygens (including phenoxy) is 1. The number of benzene rings is 3. The summed E-state index contributed by atoms with van der Waals surface area (Å²) in [4.78, 5) is 27.1. The zero-order chi connectivity index (χ0) is 25.9. The zero-order valence-corrected chi connectivity index (χ0v) is 18.7. The molecule has 1 heterocycles. The molecule has 1 aromatic heterocycles. The lowest BCUT2D eigenvalue weighted by atomic mass is 10.1. The van der Waals surface area contributed by atoms with E-state index >= 15 is 0 Å². The zero-order valence-electron chi connectivity index (χ0n) is 18.7. The van der Waals surface area contributed by atoms with Crippen molar-refractivity contribution in [3.05, 3.63) is 94.0 Å². The fraction of sp³-hybridized carbons (Fsp3) is 0.125. The highest BCUT2D eigenvalue weighted by Crippen LogP contribution is 2.33. The Kier molecular flexibility index (Phi) is 6.68. The second-order valence-electron chi connectivity index (χ2n) is 7.45. The van der Waals surface area contributed by atoms with Crippen LogP contribution in [0.15, 0.2) is 72.8 Å². The number of aromatic nitrogens is 3. The lowest BCUT2D eigenvalue weighted by Crippen LogP contribution is -2.12. The normalized spacial score (nSPS) is 11.2. The first-order chi connectivity index (χ1) is 17.2. The third-order valence-corrected chi connectivity index (χ3v) is 5.00. The average molecular weight is 497 g/mol. The van der Waals surface area contributed by atoms with E-state index < -0.39 is 22.6 Å². The Morgan fingerprint density at radius 3 is 2.47 bits per heavy atom. The summed E-state index contributed by atoms with van der Waals surface area (Å²) in [5.74, 6) is -0.409. The molecule has 9 nitrogen and oxygen atoms in total. The molecule has 0 aliphatic rings. The van der Waals surface area contributed by atoms with E-state index in [0.29, 0.717) is 11.4 Å². The smallest absolute Gasteiger partial charge is 0.416 e. The summed E-state index contributed by atoms with van der Waals surface area (Å²) >= 11 is 0. The van der Waals surface area contributed by atoms with Crippen molar-refractivity contribution >= 4 is 17.3 Å². The van der Waals surface area contributed by atoms with Gasteiger partial charge in [0.2, 0.25) is 0 Å². The van der Waals surface area contributed by atoms with Gasteiger partial charge in [0, 0.05) is 28.9 Å². The van der Waals surface area contributed by atoms with Gasteiger partial charge in [-0.25, -0.2) is 4.68 Å². The van der Waals surface area contributed by atoms with Crippen LogP contribution in [0.1, 0.15) is 22.8 Å². The van der Waals surface area contributed by atoms with Crippen molar-refractivity contribution < 1.29 is 27.6 Å². The van der Waals surface area contributed by atoms with Gasteiger partial charge in [-0.3, -0.25) is 14.9 Å². The van der Waals surface area contributed by atoms with Crippen molar-refractivity contribution in [1.29, 1.82) is 0 Å². The molecule has 0 unspecified atom stereocenters. The van der Waals surface area contributed by atoms with Crippen molar-refractivity contribution in [2.75, 3.05) is 11.9 Å². The van der Waals surface area contributed by atoms with Gasteiger partial charge in [0.25, 0.3) is 11.6 Å². The van der Waals surface area contributed by atoms with Gasteiger partial charge < -0.3 is 10.1 Å². The van der Waals surface area contributed by atoms with Gasteiger partial charge in [0.05, 0.1) is 22.8 Å². The average Bonchev–Trinajstić information content (AvgIpc) is 3.28. The van der Waals surface area contributed by atoms with Crippen LogP contribution in [-0.2, 0) is 6.18 Å². The maximum atomic E-state index is 13.2. The van der Waals surface area contributed by atoms with Gasteiger partial charge in [-0.15, -0.1) is 5.10 Å². The van der Waals surface area contributed by atoms with Crippen LogP contribution in [0.5, 0.6) is 6.01 Å². The number of hydrogen-bond acceptors (Lipinski definition) is 6. The molecule has 0 aliphatic heterocycles. The first-order valence-electron chi connectivity index (χ1n) is 10.6. The highest BCUT2D eigenvalue weighted by atomic mass is 19.4. The third-order valence-electron chi connectivity index (χ3n) is 5.00. The number of alkyl halides is 3. The van der Waals surface area contributed by atoms with E-state index in [-0.39, 0.29) is 35.3 Å². The molecule has 0 aliphatic carbocycles. The summed E-state index contributed by atoms with van der Waals surface area (Å²) in [6.45, 7) is 1.98. The monoisotopic (exact) mass is 497 g/mol. The van der Waals surface area contributed by atoms with Gasteiger partial charge in [0.15, 0.2) is 5.82 Å². The van der Waals surface area contributed by atoms with Gasteiger partial charge in [-0.2, -0.15) is 18.2 Å². The van der Waals surface area contributed by atoms with Crippen LogP contribution in [0.2, 0.25) is 0 Å². The van der Waals surface area contributed by atoms with Crippen LogP contribution in [-0.4, -0.2) is 32.2 Å². The minimum absolute atomic E-state index is 0.00652. The molecule has 36 heavy (non-hydrogen) atoms. The number of nitrogens with zero attached hydrogens (tertiary/aromatic N) is 4. The molecular weight excluding hydrogens is 479 g/mol. The number of nitro groups is 1. The molecule has 4 aromatic rings. The van der Waals surface area contributed by atoms with Crippen molar-refractivity contribution in [3.63, 3.8) is 0 Å². The SMILES string of the molecule is CCOc1nc(-c2cccc(C(F)(F)F)c2)n(-c2ccc(NC(=O)c3cccc([N+](=O)[O-])c3)cc2)n1. The van der Waals surface area contributed by atoms with Crippen molar-refractivity contribution in [2.24, 2.45) is 0 Å². The topological polar surface area (TPSA) is 112 Å². The van der Waals surface area contributed by atoms with Crippen LogP contribution in [0, 0.1) is 10.1 Å². The van der Waals surface area contributed by atoms with E-state index in [1.165, 1.54) is 35.0 Å². The Hall–Kier alpha value is -4.74. The number of anilines is 1. The molecule has 3 aromatic carbocycles. The van der Waals surface area contributed by atoms with Gasteiger partial charge >= 0.3 is 12.2 Å². The lowest BCUT2D eigenvalue weighted by molar-refractivity contribution is -0.384. The maximum Gasteiger partial charge on any atom is 0.416 e. The second-order valence-corrected chi connectivity index (χ2v) is 7.45. The van der Waals surface area contributed by atoms with Gasteiger partial charge in [-0.05, 0) is 49.4 Å². The summed E-state index contributed by atoms with van der Waals surface area (Å²) in [5, 5.41) is 17.8. The molecule has 0 spiro atoms. The van der Waals surface area contributed by atoms with Crippen LogP contribution in [0.3, 0.4) is 0 Å². The Morgan fingerprint density at radius 2 is 1.81 bits per heavy atom. The second kappa shape index (κ2) is 9.86. The molecular formula is C24H18F3N5O4. The fourth-order valence-corrected chi connectivity index (χ4v) is 3.33. The highest BCUT2D eigenvalue weighted by molar-refractivity contribution is 6.04. The molecule has 0 saturated carbocycles. The van der Waals surface area contributed by atoms with Crippen LogP contribution < -0.4 is 10.1 Å². The predicted molar refractivity (Wildman–Crippen MR) is 124 cm³/mol. The van der Waals surface area contributed by atoms with Crippen molar-refractivity contribution in [2.45, 2.75) is 13.1 Å². The van der Waals surface area contributed by atoms with E-state index in [1.807, 2.05) is 0 Å². The number of non-ortho nitro benzene ring substituents is 1. The highest BCUT2D eigenvalue weighted by Gasteiger charge is 2.31. The first-order valence-corrected chi connectivity index (χ1v) is 10.6. The molecule has 4 rings (SSSR count). The Morgan fingerprint density at radius 1 is 1.08 bits per heavy atom. The molecule has 1 amide bonds. The lowest BCUT2D eigenvalue weighted by Gasteiger charge is -2.10. The van der Waals surface area contributed by atoms with Crippen LogP contribution in [0.25, 0.3) is 17.1 Å². The summed E-state index contributed by atoms with van der Waals surface area (Å²) < 4.78 is 46.4. The Bertz CT molecular complexity index is 1420. The van der Waals surface area contributed by atoms with E-state index in [0.717, 1.165) is 18.2 Å². The summed E-state index contributed by atoms with van der Waals surface area (Å²) in [6, 6.07) is 16.3. The summed E-state index contributed by atoms with van der Waals surface area (Å²) in [6.07, 6.45) is -4.53. The number of amides is 1. The Labute approximate surface area is 202 Å². The third kappa shape index (κ3) is 5.32. The molecule has 0 atom stereocenters. The van der Waals surface area contributed by atoms with E-state index in [2.05, 4.69) is 15.4 Å². The van der Waals surface area contributed by atoms with Gasteiger partial charge in [-0.1, -0.05) is 18.2 Å². The first kappa shape index (κ1) is 24.4. The fourth-order valence-electron chi connectivity index (χ4n) is 3.33. The number of nitrogens with one attached hydrogen (secondary N) is 1. The van der Waals surface area contributed by atoms with Crippen molar-refractivity contribution in [3.8, 4) is 23.1 Å². The quantitative estimate of drug-likeness (QED) is 0.266. The van der Waals surface area contributed by atoms with Crippen LogP contribution >= 0.6 is 0 Å². The molecule has 0 saturated heterocycles.